The fraction of sp³-hybridized carbons (Fsp3) is 0.625. The van der Waals surface area contributed by atoms with Gasteiger partial charge in [0, 0.05) is 38.4 Å². The van der Waals surface area contributed by atoms with Crippen LogP contribution < -0.4 is 9.64 Å². The highest BCUT2D eigenvalue weighted by Crippen LogP contribution is 2.37. The Kier molecular flexibility index (Phi) is 9.84. The van der Waals surface area contributed by atoms with Gasteiger partial charge in [-0.1, -0.05) is 30.9 Å². The summed E-state index contributed by atoms with van der Waals surface area (Å²) in [4.78, 5) is 27.5. The van der Waals surface area contributed by atoms with Crippen LogP contribution in [0.15, 0.2) is 24.3 Å². The molecule has 0 spiro atoms. The number of fused-ring (bicyclic) bond motifs is 1. The van der Waals surface area contributed by atoms with Crippen LogP contribution in [0.25, 0.3) is 0 Å². The molecule has 41 heavy (non-hydrogen) atoms. The number of rotatable bonds is 7. The summed E-state index contributed by atoms with van der Waals surface area (Å²) in [5, 5.41) is 9.76. The van der Waals surface area contributed by atoms with Gasteiger partial charge in [-0.25, -0.2) is 9.59 Å². The van der Waals surface area contributed by atoms with Gasteiger partial charge in [-0.2, -0.15) is 0 Å². The number of aliphatic hydroxyl groups excluding tert-OH is 1. The molecule has 226 valence electrons. The van der Waals surface area contributed by atoms with Crippen LogP contribution in [-0.2, 0) is 18.9 Å². The van der Waals surface area contributed by atoms with Gasteiger partial charge in [0.05, 0.1) is 24.0 Å². The van der Waals surface area contributed by atoms with E-state index in [4.69, 9.17) is 23.7 Å². The number of carbonyl (C=O) groups excluding carboxylic acids is 2. The first-order valence-electron chi connectivity index (χ1n) is 14.2. The van der Waals surface area contributed by atoms with Crippen molar-refractivity contribution in [1.29, 1.82) is 0 Å². The Bertz CT molecular complexity index is 1210. The second kappa shape index (κ2) is 12.4. The Morgan fingerprint density at radius 3 is 2.39 bits per heavy atom. The van der Waals surface area contributed by atoms with Gasteiger partial charge < -0.3 is 28.8 Å². The van der Waals surface area contributed by atoms with Crippen LogP contribution in [0.5, 0.6) is 5.75 Å². The van der Waals surface area contributed by atoms with Crippen LogP contribution in [0.4, 0.5) is 10.5 Å². The van der Waals surface area contributed by atoms with Crippen molar-refractivity contribution in [3.05, 3.63) is 35.4 Å². The molecule has 0 saturated carbocycles. The molecule has 4 atom stereocenters. The van der Waals surface area contributed by atoms with Gasteiger partial charge in [0.1, 0.15) is 16.9 Å². The molecule has 1 aromatic carbocycles. The quantitative estimate of drug-likeness (QED) is 0.243. The number of benzene rings is 1. The maximum absolute atomic E-state index is 13.0. The van der Waals surface area contributed by atoms with E-state index in [1.165, 1.54) is 4.90 Å². The zero-order valence-corrected chi connectivity index (χ0v) is 26.0. The van der Waals surface area contributed by atoms with Crippen molar-refractivity contribution in [3.63, 3.8) is 0 Å². The van der Waals surface area contributed by atoms with Crippen LogP contribution in [0.1, 0.15) is 98.0 Å². The summed E-state index contributed by atoms with van der Waals surface area (Å²) in [6.45, 7) is 18.3. The van der Waals surface area contributed by atoms with Gasteiger partial charge in [0.25, 0.3) is 0 Å². The minimum absolute atomic E-state index is 0.0253. The van der Waals surface area contributed by atoms with Crippen molar-refractivity contribution in [1.82, 2.24) is 0 Å². The van der Waals surface area contributed by atoms with Gasteiger partial charge >= 0.3 is 12.1 Å². The first-order valence-corrected chi connectivity index (χ1v) is 14.2. The Balaban J connectivity index is 1.93. The van der Waals surface area contributed by atoms with E-state index in [0.29, 0.717) is 30.6 Å². The van der Waals surface area contributed by atoms with E-state index in [2.05, 4.69) is 11.8 Å². The number of esters is 1. The minimum Gasteiger partial charge on any atom is -0.452 e. The van der Waals surface area contributed by atoms with E-state index < -0.39 is 35.3 Å². The predicted molar refractivity (Wildman–Crippen MR) is 156 cm³/mol. The molecule has 3 rings (SSSR count). The van der Waals surface area contributed by atoms with Gasteiger partial charge in [0.15, 0.2) is 5.79 Å². The molecule has 3 unspecified atom stereocenters. The van der Waals surface area contributed by atoms with Crippen molar-refractivity contribution in [2.75, 3.05) is 11.4 Å². The molecule has 2 aliphatic rings. The third-order valence-corrected chi connectivity index (χ3v) is 6.61. The summed E-state index contributed by atoms with van der Waals surface area (Å²) in [5.41, 5.74) is 0.393. The summed E-state index contributed by atoms with van der Waals surface area (Å²) in [5.74, 6) is 4.07. The fourth-order valence-corrected chi connectivity index (χ4v) is 4.56. The molecule has 0 radical (unpaired) electrons. The summed E-state index contributed by atoms with van der Waals surface area (Å²) < 4.78 is 29.3. The van der Waals surface area contributed by atoms with Crippen molar-refractivity contribution in [2.45, 2.75) is 118 Å². The molecule has 9 nitrogen and oxygen atoms in total. The molecule has 1 saturated heterocycles. The normalized spacial score (nSPS) is 22.6. The molecule has 0 aromatic heterocycles. The SMILES string of the molecule is CCN(C(=O)OC(C)(C)C)c1cc(C#CCC2OC(C)(C)OC2C/C=C\[C@@H](C)C(C)O)c2c(c1)OC(C)(C)OC2=O. The van der Waals surface area contributed by atoms with E-state index in [-0.39, 0.29) is 29.4 Å². The number of hydrogen-bond donors (Lipinski definition) is 1. The van der Waals surface area contributed by atoms with Crippen LogP contribution in [0.3, 0.4) is 0 Å². The van der Waals surface area contributed by atoms with Crippen LogP contribution in [0.2, 0.25) is 0 Å². The fourth-order valence-electron chi connectivity index (χ4n) is 4.56. The number of hydrogen-bond acceptors (Lipinski definition) is 8. The number of amides is 1. The van der Waals surface area contributed by atoms with Crippen LogP contribution in [-0.4, -0.2) is 59.2 Å². The average molecular weight is 572 g/mol. The number of carbonyl (C=O) groups is 2. The lowest BCUT2D eigenvalue weighted by Gasteiger charge is -2.33. The monoisotopic (exact) mass is 571 g/mol. The summed E-state index contributed by atoms with van der Waals surface area (Å²) in [6.07, 6.45) is 3.43. The number of nitrogens with zero attached hydrogens (tertiary/aromatic N) is 1. The van der Waals surface area contributed by atoms with Crippen molar-refractivity contribution < 1.29 is 38.4 Å². The molecule has 2 heterocycles. The molecular weight excluding hydrogens is 526 g/mol. The third kappa shape index (κ3) is 8.71. The zero-order chi connectivity index (χ0) is 30.8. The van der Waals surface area contributed by atoms with Gasteiger partial charge in [-0.15, -0.1) is 0 Å². The first-order chi connectivity index (χ1) is 18.9. The van der Waals surface area contributed by atoms with E-state index in [1.54, 1.807) is 53.7 Å². The summed E-state index contributed by atoms with van der Waals surface area (Å²) in [7, 11) is 0. The third-order valence-electron chi connectivity index (χ3n) is 6.61. The molecule has 1 N–H and O–H groups in total. The zero-order valence-electron chi connectivity index (χ0n) is 26.0. The largest absolute Gasteiger partial charge is 0.452 e. The molecule has 2 aliphatic heterocycles. The summed E-state index contributed by atoms with van der Waals surface area (Å²) >= 11 is 0. The van der Waals surface area contributed by atoms with Crippen molar-refractivity contribution in [3.8, 4) is 17.6 Å². The maximum Gasteiger partial charge on any atom is 0.414 e. The lowest BCUT2D eigenvalue weighted by Crippen LogP contribution is -2.40. The average Bonchev–Trinajstić information content (AvgIpc) is 3.10. The second-order valence-electron chi connectivity index (χ2n) is 12.5. The Morgan fingerprint density at radius 1 is 1.12 bits per heavy atom. The topological polar surface area (TPSA) is 104 Å². The predicted octanol–water partition coefficient (Wildman–Crippen LogP) is 5.96. The number of ether oxygens (including phenoxy) is 5. The minimum atomic E-state index is -1.18. The Hall–Kier alpha value is -3.06. The van der Waals surface area contributed by atoms with Crippen LogP contribution in [0, 0.1) is 17.8 Å². The Labute approximate surface area is 244 Å². The molecule has 9 heteroatoms. The molecule has 1 aromatic rings. The molecule has 1 amide bonds. The molecular formula is C32H45NO8. The van der Waals surface area contributed by atoms with E-state index in [1.807, 2.05) is 39.8 Å². The standard InChI is InChI=1S/C32H45NO8/c1-11-33(29(36)41-30(4,5)6)23-18-22(27-26(19-23)39-32(9,10)40-28(27)35)15-13-17-25-24(37-31(7,8)38-25)16-12-14-20(2)21(3)34/h12,14,18-21,24-25,34H,11,16-17H2,1-10H3/b14-12-/t20-,21?,24?,25?/m1/s1. The van der Waals surface area contributed by atoms with E-state index in [9.17, 15) is 14.7 Å². The maximum atomic E-state index is 13.0. The summed E-state index contributed by atoms with van der Waals surface area (Å²) in [6, 6.07) is 3.32. The lowest BCUT2D eigenvalue weighted by atomic mass is 10.0. The number of cyclic esters (lactones) is 1. The molecule has 0 aliphatic carbocycles. The smallest absolute Gasteiger partial charge is 0.414 e. The molecule has 0 bridgehead atoms. The van der Waals surface area contributed by atoms with Crippen LogP contribution >= 0.6 is 0 Å². The number of aliphatic hydroxyl groups is 1. The second-order valence-corrected chi connectivity index (χ2v) is 12.5. The van der Waals surface area contributed by atoms with Gasteiger partial charge in [-0.05, 0) is 66.9 Å². The van der Waals surface area contributed by atoms with E-state index in [0.717, 1.165) is 0 Å². The van der Waals surface area contributed by atoms with Gasteiger partial charge in [-0.3, -0.25) is 4.90 Å². The van der Waals surface area contributed by atoms with E-state index >= 15 is 0 Å². The molecule has 1 fully saturated rings. The van der Waals surface area contributed by atoms with Crippen molar-refractivity contribution in [2.24, 2.45) is 5.92 Å². The highest BCUT2D eigenvalue weighted by molar-refractivity contribution is 5.98. The lowest BCUT2D eigenvalue weighted by molar-refractivity contribution is -0.145. The van der Waals surface area contributed by atoms with Gasteiger partial charge in [0.2, 0.25) is 5.79 Å². The Morgan fingerprint density at radius 2 is 1.78 bits per heavy atom. The highest BCUT2D eigenvalue weighted by atomic mass is 16.8. The highest BCUT2D eigenvalue weighted by Gasteiger charge is 2.40. The van der Waals surface area contributed by atoms with Crippen molar-refractivity contribution >= 4 is 17.7 Å². The number of anilines is 1. The first kappa shape index (κ1) is 32.5.